The predicted octanol–water partition coefficient (Wildman–Crippen LogP) is 3.47. The molecule has 0 bridgehead atoms. The van der Waals surface area contributed by atoms with Gasteiger partial charge in [0.05, 0.1) is 6.21 Å². The van der Waals surface area contributed by atoms with Gasteiger partial charge in [0.1, 0.15) is 0 Å². The van der Waals surface area contributed by atoms with E-state index >= 15 is 0 Å². The Morgan fingerprint density at radius 1 is 1.08 bits per heavy atom. The fraction of sp³-hybridized carbons (Fsp3) is 0.167. The third-order valence-electron chi connectivity index (χ3n) is 3.17. The normalized spacial score (nSPS) is 10.6. The molecule has 0 spiro atoms. The third kappa shape index (κ3) is 6.49. The van der Waals surface area contributed by atoms with Crippen LogP contribution in [0.5, 0.6) is 0 Å². The Kier molecular flexibility index (Phi) is 6.92. The fourth-order valence-electron chi connectivity index (χ4n) is 1.91. The first-order valence-electron chi connectivity index (χ1n) is 7.47. The van der Waals surface area contributed by atoms with Crippen LogP contribution in [0.4, 0.5) is 5.69 Å². The molecule has 0 aliphatic heterocycles. The summed E-state index contributed by atoms with van der Waals surface area (Å²) in [4.78, 5) is 23.5. The van der Waals surface area contributed by atoms with Gasteiger partial charge in [-0.15, -0.1) is 0 Å². The fourth-order valence-corrected chi connectivity index (χ4v) is 2.48. The van der Waals surface area contributed by atoms with Gasteiger partial charge in [-0.3, -0.25) is 9.59 Å². The quantitative estimate of drug-likeness (QED) is 0.415. The molecule has 0 aliphatic carbocycles. The standard InChI is InChI=1S/C18H18IN3O2/c1-13-5-7-16(8-6-13)21-17(23)9-10-18(24)22-20-12-14-3-2-4-15(19)11-14/h2-8,11-12H,9-10H2,1H3,(H,21,23)(H,22,24)/b20-12+. The van der Waals surface area contributed by atoms with Crippen molar-refractivity contribution in [3.63, 3.8) is 0 Å². The molecule has 0 aliphatic rings. The summed E-state index contributed by atoms with van der Waals surface area (Å²) in [5.41, 5.74) is 5.18. The Labute approximate surface area is 154 Å². The van der Waals surface area contributed by atoms with Crippen LogP contribution in [-0.4, -0.2) is 18.0 Å². The molecule has 2 aromatic carbocycles. The number of hydrogen-bond donors (Lipinski definition) is 2. The Balaban J connectivity index is 1.72. The van der Waals surface area contributed by atoms with E-state index in [0.717, 1.165) is 20.4 Å². The van der Waals surface area contributed by atoms with Crippen molar-refractivity contribution in [3.8, 4) is 0 Å². The summed E-state index contributed by atoms with van der Waals surface area (Å²) in [5.74, 6) is -0.494. The lowest BCUT2D eigenvalue weighted by molar-refractivity contribution is -0.124. The van der Waals surface area contributed by atoms with Crippen molar-refractivity contribution in [1.82, 2.24) is 5.43 Å². The highest BCUT2D eigenvalue weighted by Gasteiger charge is 2.06. The van der Waals surface area contributed by atoms with E-state index in [-0.39, 0.29) is 24.7 Å². The molecule has 0 heterocycles. The molecule has 0 fully saturated rings. The lowest BCUT2D eigenvalue weighted by Gasteiger charge is -2.05. The van der Waals surface area contributed by atoms with Gasteiger partial charge in [0.15, 0.2) is 0 Å². The summed E-state index contributed by atoms with van der Waals surface area (Å²) in [7, 11) is 0. The van der Waals surface area contributed by atoms with Crippen molar-refractivity contribution < 1.29 is 9.59 Å². The maximum absolute atomic E-state index is 11.8. The number of nitrogens with zero attached hydrogens (tertiary/aromatic N) is 1. The van der Waals surface area contributed by atoms with Gasteiger partial charge in [-0.25, -0.2) is 5.43 Å². The Morgan fingerprint density at radius 2 is 1.79 bits per heavy atom. The van der Waals surface area contributed by atoms with Crippen LogP contribution in [0.3, 0.4) is 0 Å². The molecule has 0 unspecified atom stereocenters. The van der Waals surface area contributed by atoms with Crippen LogP contribution < -0.4 is 10.7 Å². The summed E-state index contributed by atoms with van der Waals surface area (Å²) >= 11 is 2.21. The van der Waals surface area contributed by atoms with E-state index in [1.165, 1.54) is 0 Å². The van der Waals surface area contributed by atoms with Gasteiger partial charge in [-0.05, 0) is 59.3 Å². The van der Waals surface area contributed by atoms with E-state index in [9.17, 15) is 9.59 Å². The van der Waals surface area contributed by atoms with Crippen molar-refractivity contribution in [1.29, 1.82) is 0 Å². The molecule has 2 rings (SSSR count). The van der Waals surface area contributed by atoms with Gasteiger partial charge < -0.3 is 5.32 Å². The number of amides is 2. The second kappa shape index (κ2) is 9.17. The van der Waals surface area contributed by atoms with E-state index < -0.39 is 0 Å². The molecule has 124 valence electrons. The second-order valence-corrected chi connectivity index (χ2v) is 6.51. The number of rotatable bonds is 6. The molecule has 5 nitrogen and oxygen atoms in total. The van der Waals surface area contributed by atoms with Crippen LogP contribution in [0.1, 0.15) is 24.0 Å². The van der Waals surface area contributed by atoms with Gasteiger partial charge in [0, 0.05) is 22.1 Å². The average Bonchev–Trinajstić information content (AvgIpc) is 2.55. The molecule has 0 saturated carbocycles. The lowest BCUT2D eigenvalue weighted by atomic mass is 10.2. The molecule has 24 heavy (non-hydrogen) atoms. The molecule has 0 aromatic heterocycles. The summed E-state index contributed by atoms with van der Waals surface area (Å²) in [6, 6.07) is 15.2. The number of halogens is 1. The van der Waals surface area contributed by atoms with Crippen molar-refractivity contribution >= 4 is 46.3 Å². The zero-order chi connectivity index (χ0) is 17.4. The lowest BCUT2D eigenvalue weighted by Crippen LogP contribution is -2.20. The second-order valence-electron chi connectivity index (χ2n) is 5.26. The number of carbonyl (C=O) groups excluding carboxylic acids is 2. The van der Waals surface area contributed by atoms with Crippen LogP contribution in [0.2, 0.25) is 0 Å². The minimum atomic E-state index is -0.295. The molecule has 0 atom stereocenters. The molecular formula is C18H18IN3O2. The highest BCUT2D eigenvalue weighted by atomic mass is 127. The highest BCUT2D eigenvalue weighted by molar-refractivity contribution is 14.1. The van der Waals surface area contributed by atoms with Crippen LogP contribution in [0.15, 0.2) is 53.6 Å². The van der Waals surface area contributed by atoms with E-state index in [1.54, 1.807) is 6.21 Å². The number of anilines is 1. The first-order valence-corrected chi connectivity index (χ1v) is 8.55. The largest absolute Gasteiger partial charge is 0.326 e. The third-order valence-corrected chi connectivity index (χ3v) is 3.84. The first-order chi connectivity index (χ1) is 11.5. The SMILES string of the molecule is Cc1ccc(NC(=O)CCC(=O)N/N=C/c2cccc(I)c2)cc1. The van der Waals surface area contributed by atoms with Crippen LogP contribution in [0, 0.1) is 10.5 Å². The van der Waals surface area contributed by atoms with E-state index in [2.05, 4.69) is 38.4 Å². The monoisotopic (exact) mass is 435 g/mol. The average molecular weight is 435 g/mol. The molecule has 2 N–H and O–H groups in total. The maximum Gasteiger partial charge on any atom is 0.240 e. The number of aryl methyl sites for hydroxylation is 1. The highest BCUT2D eigenvalue weighted by Crippen LogP contribution is 2.09. The minimum Gasteiger partial charge on any atom is -0.326 e. The Bertz CT molecular complexity index is 742. The number of hydrazone groups is 1. The summed E-state index contributed by atoms with van der Waals surface area (Å²) in [5, 5.41) is 6.65. The van der Waals surface area contributed by atoms with E-state index in [0.29, 0.717) is 0 Å². The molecule has 6 heteroatoms. The Morgan fingerprint density at radius 3 is 2.50 bits per heavy atom. The zero-order valence-corrected chi connectivity index (χ0v) is 15.4. The minimum absolute atomic E-state index is 0.0847. The number of benzene rings is 2. The smallest absolute Gasteiger partial charge is 0.240 e. The van der Waals surface area contributed by atoms with Gasteiger partial charge in [0.25, 0.3) is 0 Å². The van der Waals surface area contributed by atoms with E-state index in [1.807, 2.05) is 55.5 Å². The van der Waals surface area contributed by atoms with Gasteiger partial charge in [0.2, 0.25) is 11.8 Å². The summed E-state index contributed by atoms with van der Waals surface area (Å²) in [6.07, 6.45) is 1.77. The predicted molar refractivity (Wildman–Crippen MR) is 104 cm³/mol. The number of hydrogen-bond acceptors (Lipinski definition) is 3. The maximum atomic E-state index is 11.8. The molecule has 2 amide bonds. The van der Waals surface area contributed by atoms with Crippen LogP contribution in [0.25, 0.3) is 0 Å². The van der Waals surface area contributed by atoms with Crippen molar-refractivity contribution in [2.75, 3.05) is 5.32 Å². The topological polar surface area (TPSA) is 70.6 Å². The van der Waals surface area contributed by atoms with Crippen molar-refractivity contribution in [2.45, 2.75) is 19.8 Å². The van der Waals surface area contributed by atoms with Crippen LogP contribution >= 0.6 is 22.6 Å². The van der Waals surface area contributed by atoms with Crippen molar-refractivity contribution in [2.24, 2.45) is 5.10 Å². The van der Waals surface area contributed by atoms with Gasteiger partial charge in [-0.1, -0.05) is 29.8 Å². The first kappa shape index (κ1) is 18.1. The van der Waals surface area contributed by atoms with Gasteiger partial charge >= 0.3 is 0 Å². The molecule has 2 aromatic rings. The number of nitrogens with one attached hydrogen (secondary N) is 2. The zero-order valence-electron chi connectivity index (χ0n) is 13.3. The Hall–Kier alpha value is -2.22. The summed E-state index contributed by atoms with van der Waals surface area (Å²) < 4.78 is 1.09. The molecule has 0 saturated heterocycles. The van der Waals surface area contributed by atoms with Crippen LogP contribution in [-0.2, 0) is 9.59 Å². The molecular weight excluding hydrogens is 417 g/mol. The number of carbonyl (C=O) groups is 2. The van der Waals surface area contributed by atoms with Crippen molar-refractivity contribution in [3.05, 3.63) is 63.2 Å². The summed E-state index contributed by atoms with van der Waals surface area (Å²) in [6.45, 7) is 1.98. The van der Waals surface area contributed by atoms with Gasteiger partial charge in [-0.2, -0.15) is 5.10 Å². The van der Waals surface area contributed by atoms with E-state index in [4.69, 9.17) is 0 Å². The molecule has 0 radical (unpaired) electrons.